The molecule has 0 aliphatic rings. The SMILES string of the molecule is CCCc1nnc(NC(=O)CC(NC(C)=O)c2ccc(OC)cc2)s1. The molecule has 0 radical (unpaired) electrons. The van der Waals surface area contributed by atoms with Gasteiger partial charge in [-0.3, -0.25) is 9.59 Å². The van der Waals surface area contributed by atoms with Gasteiger partial charge in [0.2, 0.25) is 16.9 Å². The van der Waals surface area contributed by atoms with Gasteiger partial charge in [0.1, 0.15) is 10.8 Å². The molecule has 0 saturated heterocycles. The third-order valence-corrected chi connectivity index (χ3v) is 4.36. The monoisotopic (exact) mass is 362 g/mol. The molecule has 1 aromatic heterocycles. The van der Waals surface area contributed by atoms with Crippen LogP contribution in [-0.2, 0) is 16.0 Å². The van der Waals surface area contributed by atoms with E-state index in [4.69, 9.17) is 4.74 Å². The molecule has 2 N–H and O–H groups in total. The second kappa shape index (κ2) is 9.12. The first-order valence-electron chi connectivity index (χ1n) is 8.05. The molecule has 1 atom stereocenters. The lowest BCUT2D eigenvalue weighted by Gasteiger charge is -2.18. The molecule has 0 saturated carbocycles. The highest BCUT2D eigenvalue weighted by Gasteiger charge is 2.18. The zero-order valence-electron chi connectivity index (χ0n) is 14.5. The number of nitrogens with zero attached hydrogens (tertiary/aromatic N) is 2. The van der Waals surface area contributed by atoms with Crippen molar-refractivity contribution >= 4 is 28.3 Å². The molecule has 0 fully saturated rings. The Balaban J connectivity index is 2.04. The van der Waals surface area contributed by atoms with Gasteiger partial charge in [0.05, 0.1) is 19.6 Å². The van der Waals surface area contributed by atoms with Crippen molar-refractivity contribution in [3.05, 3.63) is 34.8 Å². The molecule has 8 heteroatoms. The highest BCUT2D eigenvalue weighted by Crippen LogP contribution is 2.22. The standard InChI is InChI=1S/C17H22N4O3S/c1-4-5-16-20-21-17(25-16)19-15(23)10-14(18-11(2)22)12-6-8-13(24-3)9-7-12/h6-9,14H,4-5,10H2,1-3H3,(H,18,22)(H,19,21,23). The number of rotatable bonds is 8. The number of methoxy groups -OCH3 is 1. The van der Waals surface area contributed by atoms with Gasteiger partial charge in [-0.25, -0.2) is 0 Å². The topological polar surface area (TPSA) is 93.2 Å². The number of aryl methyl sites for hydroxylation is 1. The Morgan fingerprint density at radius 1 is 1.24 bits per heavy atom. The first-order chi connectivity index (χ1) is 12.0. The van der Waals surface area contributed by atoms with Crippen LogP contribution >= 0.6 is 11.3 Å². The molecule has 134 valence electrons. The van der Waals surface area contributed by atoms with Crippen LogP contribution in [0.3, 0.4) is 0 Å². The number of hydrogen-bond acceptors (Lipinski definition) is 6. The van der Waals surface area contributed by atoms with Crippen LogP contribution in [0, 0.1) is 0 Å². The van der Waals surface area contributed by atoms with Crippen LogP contribution in [0.15, 0.2) is 24.3 Å². The Morgan fingerprint density at radius 3 is 2.56 bits per heavy atom. The minimum absolute atomic E-state index is 0.106. The Morgan fingerprint density at radius 2 is 1.96 bits per heavy atom. The molecule has 1 aromatic carbocycles. The number of anilines is 1. The van der Waals surface area contributed by atoms with E-state index in [2.05, 4.69) is 27.8 Å². The number of carbonyl (C=O) groups is 2. The average molecular weight is 362 g/mol. The van der Waals surface area contributed by atoms with E-state index in [1.165, 1.54) is 18.3 Å². The quantitative estimate of drug-likeness (QED) is 0.753. The van der Waals surface area contributed by atoms with Crippen molar-refractivity contribution in [3.63, 3.8) is 0 Å². The van der Waals surface area contributed by atoms with Crippen molar-refractivity contribution < 1.29 is 14.3 Å². The van der Waals surface area contributed by atoms with E-state index in [1.54, 1.807) is 19.2 Å². The molecular weight excluding hydrogens is 340 g/mol. The van der Waals surface area contributed by atoms with Gasteiger partial charge >= 0.3 is 0 Å². The molecule has 1 heterocycles. The molecular formula is C17H22N4O3S. The van der Waals surface area contributed by atoms with Gasteiger partial charge < -0.3 is 15.4 Å². The molecule has 2 rings (SSSR count). The lowest BCUT2D eigenvalue weighted by Crippen LogP contribution is -2.29. The fourth-order valence-corrected chi connectivity index (χ4v) is 3.17. The number of hydrogen-bond donors (Lipinski definition) is 2. The summed E-state index contributed by atoms with van der Waals surface area (Å²) in [4.78, 5) is 23.8. The zero-order valence-corrected chi connectivity index (χ0v) is 15.4. The van der Waals surface area contributed by atoms with Crippen molar-refractivity contribution in [1.82, 2.24) is 15.5 Å². The Kier molecular flexibility index (Phi) is 6.88. The highest BCUT2D eigenvalue weighted by molar-refractivity contribution is 7.15. The minimum atomic E-state index is -0.425. The van der Waals surface area contributed by atoms with Crippen LogP contribution in [0.1, 0.15) is 43.3 Å². The summed E-state index contributed by atoms with van der Waals surface area (Å²) in [6.07, 6.45) is 1.92. The van der Waals surface area contributed by atoms with Gasteiger partial charge in [-0.05, 0) is 24.1 Å². The lowest BCUT2D eigenvalue weighted by atomic mass is 10.0. The second-order valence-electron chi connectivity index (χ2n) is 5.53. The Bertz CT molecular complexity index is 715. The Hall–Kier alpha value is -2.48. The molecule has 2 aromatic rings. The maximum absolute atomic E-state index is 12.3. The van der Waals surface area contributed by atoms with Gasteiger partial charge in [-0.2, -0.15) is 0 Å². The molecule has 1 unspecified atom stereocenters. The van der Waals surface area contributed by atoms with Crippen molar-refractivity contribution in [3.8, 4) is 5.75 Å². The Labute approximate surface area is 150 Å². The fraction of sp³-hybridized carbons (Fsp3) is 0.412. The zero-order chi connectivity index (χ0) is 18.2. The number of aromatic nitrogens is 2. The first kappa shape index (κ1) is 18.9. The maximum Gasteiger partial charge on any atom is 0.228 e. The third kappa shape index (κ3) is 5.82. The normalized spacial score (nSPS) is 11.6. The van der Waals surface area contributed by atoms with Crippen LogP contribution in [-0.4, -0.2) is 29.1 Å². The van der Waals surface area contributed by atoms with Crippen molar-refractivity contribution in [1.29, 1.82) is 0 Å². The van der Waals surface area contributed by atoms with E-state index in [0.29, 0.717) is 10.9 Å². The third-order valence-electron chi connectivity index (χ3n) is 3.46. The molecule has 0 aliphatic heterocycles. The minimum Gasteiger partial charge on any atom is -0.497 e. The second-order valence-corrected chi connectivity index (χ2v) is 6.59. The smallest absolute Gasteiger partial charge is 0.228 e. The van der Waals surface area contributed by atoms with Crippen molar-refractivity contribution in [2.75, 3.05) is 12.4 Å². The van der Waals surface area contributed by atoms with Gasteiger partial charge in [-0.1, -0.05) is 30.4 Å². The first-order valence-corrected chi connectivity index (χ1v) is 8.86. The number of benzene rings is 1. The van der Waals surface area contributed by atoms with Gasteiger partial charge in [0.25, 0.3) is 0 Å². The molecule has 2 amide bonds. The summed E-state index contributed by atoms with van der Waals surface area (Å²) in [7, 11) is 1.59. The molecule has 25 heavy (non-hydrogen) atoms. The molecule has 0 spiro atoms. The summed E-state index contributed by atoms with van der Waals surface area (Å²) < 4.78 is 5.13. The summed E-state index contributed by atoms with van der Waals surface area (Å²) in [5.41, 5.74) is 0.829. The number of carbonyl (C=O) groups excluding carboxylic acids is 2. The van der Waals surface area contributed by atoms with E-state index >= 15 is 0 Å². The molecule has 7 nitrogen and oxygen atoms in total. The van der Waals surface area contributed by atoms with Crippen LogP contribution in [0.5, 0.6) is 5.75 Å². The number of nitrogens with one attached hydrogen (secondary N) is 2. The molecule has 0 bridgehead atoms. The largest absolute Gasteiger partial charge is 0.497 e. The number of ether oxygens (including phenoxy) is 1. The predicted molar refractivity (Wildman–Crippen MR) is 96.7 cm³/mol. The van der Waals surface area contributed by atoms with Gasteiger partial charge in [-0.15, -0.1) is 10.2 Å². The van der Waals surface area contributed by atoms with Crippen LogP contribution in [0.25, 0.3) is 0 Å². The molecule has 0 aliphatic carbocycles. The van der Waals surface area contributed by atoms with E-state index in [-0.39, 0.29) is 18.2 Å². The van der Waals surface area contributed by atoms with Crippen LogP contribution in [0.4, 0.5) is 5.13 Å². The van der Waals surface area contributed by atoms with Crippen molar-refractivity contribution in [2.45, 2.75) is 39.2 Å². The summed E-state index contributed by atoms with van der Waals surface area (Å²) >= 11 is 1.37. The summed E-state index contributed by atoms with van der Waals surface area (Å²) in [5.74, 6) is 0.288. The van der Waals surface area contributed by atoms with Gasteiger partial charge in [0.15, 0.2) is 0 Å². The lowest BCUT2D eigenvalue weighted by molar-refractivity contribution is -0.120. The number of amides is 2. The summed E-state index contributed by atoms with van der Waals surface area (Å²) in [6, 6.07) is 6.83. The fourth-order valence-electron chi connectivity index (χ4n) is 2.31. The van der Waals surface area contributed by atoms with Crippen molar-refractivity contribution in [2.24, 2.45) is 0 Å². The summed E-state index contributed by atoms with van der Waals surface area (Å²) in [6.45, 7) is 3.49. The summed E-state index contributed by atoms with van der Waals surface area (Å²) in [5, 5.41) is 14.9. The highest BCUT2D eigenvalue weighted by atomic mass is 32.1. The average Bonchev–Trinajstić information content (AvgIpc) is 3.01. The van der Waals surface area contributed by atoms with Gasteiger partial charge in [0, 0.05) is 13.3 Å². The van der Waals surface area contributed by atoms with E-state index in [9.17, 15) is 9.59 Å². The maximum atomic E-state index is 12.3. The van der Waals surface area contributed by atoms with E-state index < -0.39 is 6.04 Å². The van der Waals surface area contributed by atoms with E-state index in [1.807, 2.05) is 12.1 Å². The predicted octanol–water partition coefficient (Wildman–Crippen LogP) is 2.71. The van der Waals surface area contributed by atoms with Crippen LogP contribution in [0.2, 0.25) is 0 Å². The van der Waals surface area contributed by atoms with E-state index in [0.717, 1.165) is 23.4 Å². The van der Waals surface area contributed by atoms with Crippen LogP contribution < -0.4 is 15.4 Å².